The third-order valence-corrected chi connectivity index (χ3v) is 4.28. The number of hydrogen-bond acceptors (Lipinski definition) is 1. The number of hydrogen-bond donors (Lipinski definition) is 0. The molecule has 1 aromatic heterocycles. The maximum atomic E-state index is 6.18. The van der Waals surface area contributed by atoms with Crippen molar-refractivity contribution >= 4 is 27.5 Å². The smallest absolute Gasteiger partial charge is 0.0847 e. The summed E-state index contributed by atoms with van der Waals surface area (Å²) in [4.78, 5) is 0. The molecule has 14 heavy (non-hydrogen) atoms. The molecule has 1 aromatic rings. The Morgan fingerprint density at radius 1 is 1.50 bits per heavy atom. The predicted molar refractivity (Wildman–Crippen MR) is 64.2 cm³/mol. The van der Waals surface area contributed by atoms with Gasteiger partial charge < -0.3 is 0 Å². The first-order chi connectivity index (χ1) is 6.37. The number of halogens is 2. The van der Waals surface area contributed by atoms with Crippen LogP contribution < -0.4 is 0 Å². The topological polar surface area (TPSA) is 17.8 Å². The maximum absolute atomic E-state index is 6.18. The Morgan fingerprint density at radius 3 is 2.43 bits per heavy atom. The Kier molecular flexibility index (Phi) is 3.64. The minimum atomic E-state index is 0.212. The highest BCUT2D eigenvalue weighted by Gasteiger charge is 2.21. The van der Waals surface area contributed by atoms with Crippen LogP contribution in [0.25, 0.3) is 0 Å². The van der Waals surface area contributed by atoms with Crippen LogP contribution in [-0.2, 0) is 13.5 Å². The van der Waals surface area contributed by atoms with E-state index in [0.717, 1.165) is 28.2 Å². The van der Waals surface area contributed by atoms with Gasteiger partial charge in [-0.05, 0) is 18.8 Å². The summed E-state index contributed by atoms with van der Waals surface area (Å²) in [5, 5.41) is 6.06. The molecular weight excluding hydrogens is 263 g/mol. The average Bonchev–Trinajstić information content (AvgIpc) is 2.32. The van der Waals surface area contributed by atoms with Crippen LogP contribution in [0, 0.1) is 12.3 Å². The van der Waals surface area contributed by atoms with Crippen LogP contribution in [-0.4, -0.2) is 15.1 Å². The van der Waals surface area contributed by atoms with Crippen molar-refractivity contribution in [2.45, 2.75) is 27.2 Å². The minimum absolute atomic E-state index is 0.212. The maximum Gasteiger partial charge on any atom is 0.0847 e. The van der Waals surface area contributed by atoms with E-state index in [9.17, 15) is 0 Å². The highest BCUT2D eigenvalue weighted by molar-refractivity contribution is 9.09. The summed E-state index contributed by atoms with van der Waals surface area (Å²) in [6.45, 7) is 6.35. The first-order valence-corrected chi connectivity index (χ1v) is 6.11. The standard InChI is InChI=1S/C10H16BrClN2/c1-7-9(12)8(14(4)13-7)5-10(2,3)6-11/h5-6H2,1-4H3. The fourth-order valence-electron chi connectivity index (χ4n) is 1.37. The quantitative estimate of drug-likeness (QED) is 0.776. The van der Waals surface area contributed by atoms with Crippen molar-refractivity contribution in [3.05, 3.63) is 16.4 Å². The summed E-state index contributed by atoms with van der Waals surface area (Å²) >= 11 is 9.69. The summed E-state index contributed by atoms with van der Waals surface area (Å²) in [5.41, 5.74) is 2.24. The average molecular weight is 280 g/mol. The molecule has 0 radical (unpaired) electrons. The van der Waals surface area contributed by atoms with Gasteiger partial charge in [0.15, 0.2) is 0 Å². The number of rotatable bonds is 3. The minimum Gasteiger partial charge on any atom is -0.271 e. The van der Waals surface area contributed by atoms with Crippen LogP contribution in [0.2, 0.25) is 5.02 Å². The lowest BCUT2D eigenvalue weighted by atomic mass is 9.90. The lowest BCUT2D eigenvalue weighted by Crippen LogP contribution is -2.18. The molecule has 0 saturated heterocycles. The Morgan fingerprint density at radius 2 is 2.07 bits per heavy atom. The molecule has 0 spiro atoms. The monoisotopic (exact) mass is 278 g/mol. The molecule has 0 unspecified atom stereocenters. The van der Waals surface area contributed by atoms with Gasteiger partial charge in [0.05, 0.1) is 16.4 Å². The van der Waals surface area contributed by atoms with E-state index in [4.69, 9.17) is 11.6 Å². The summed E-state index contributed by atoms with van der Waals surface area (Å²) in [6.07, 6.45) is 0.939. The summed E-state index contributed by atoms with van der Waals surface area (Å²) in [6, 6.07) is 0. The van der Waals surface area contributed by atoms with Gasteiger partial charge in [-0.25, -0.2) is 0 Å². The Hall–Kier alpha value is -0.0200. The zero-order chi connectivity index (χ0) is 10.9. The second kappa shape index (κ2) is 4.23. The van der Waals surface area contributed by atoms with Gasteiger partial charge in [0.25, 0.3) is 0 Å². The van der Waals surface area contributed by atoms with Crippen LogP contribution in [0.1, 0.15) is 25.2 Å². The largest absolute Gasteiger partial charge is 0.271 e. The molecule has 0 bridgehead atoms. The fraction of sp³-hybridized carbons (Fsp3) is 0.700. The summed E-state index contributed by atoms with van der Waals surface area (Å²) in [7, 11) is 1.94. The molecule has 0 aliphatic carbocycles. The summed E-state index contributed by atoms with van der Waals surface area (Å²) in [5.74, 6) is 0. The van der Waals surface area contributed by atoms with Gasteiger partial charge in [-0.1, -0.05) is 41.4 Å². The van der Waals surface area contributed by atoms with Crippen LogP contribution >= 0.6 is 27.5 Å². The zero-order valence-electron chi connectivity index (χ0n) is 9.06. The predicted octanol–water partition coefficient (Wildman–Crippen LogP) is 3.35. The second-order valence-corrected chi connectivity index (χ2v) is 5.38. The van der Waals surface area contributed by atoms with E-state index in [1.54, 1.807) is 0 Å². The van der Waals surface area contributed by atoms with Gasteiger partial charge >= 0.3 is 0 Å². The highest BCUT2D eigenvalue weighted by Crippen LogP contribution is 2.29. The van der Waals surface area contributed by atoms with Gasteiger partial charge in [0.1, 0.15) is 0 Å². The van der Waals surface area contributed by atoms with Gasteiger partial charge in [-0.2, -0.15) is 5.10 Å². The van der Waals surface area contributed by atoms with E-state index in [0.29, 0.717) is 0 Å². The van der Waals surface area contributed by atoms with E-state index in [1.165, 1.54) is 0 Å². The van der Waals surface area contributed by atoms with Crippen LogP contribution in [0.15, 0.2) is 0 Å². The van der Waals surface area contributed by atoms with Gasteiger partial charge in [-0.3, -0.25) is 4.68 Å². The highest BCUT2D eigenvalue weighted by atomic mass is 79.9. The third-order valence-electron chi connectivity index (χ3n) is 2.27. The lowest BCUT2D eigenvalue weighted by molar-refractivity contribution is 0.410. The third kappa shape index (κ3) is 2.51. The molecule has 0 saturated carbocycles. The van der Waals surface area contributed by atoms with Crippen LogP contribution in [0.5, 0.6) is 0 Å². The van der Waals surface area contributed by atoms with E-state index in [-0.39, 0.29) is 5.41 Å². The van der Waals surface area contributed by atoms with Gasteiger partial charge in [-0.15, -0.1) is 0 Å². The van der Waals surface area contributed by atoms with E-state index < -0.39 is 0 Å². The Bertz CT molecular complexity index is 331. The van der Waals surface area contributed by atoms with Crippen LogP contribution in [0.3, 0.4) is 0 Å². The number of alkyl halides is 1. The van der Waals surface area contributed by atoms with Crippen molar-refractivity contribution in [3.63, 3.8) is 0 Å². The molecule has 0 aromatic carbocycles. The molecule has 0 atom stereocenters. The van der Waals surface area contributed by atoms with Crippen molar-refractivity contribution < 1.29 is 0 Å². The molecule has 0 amide bonds. The number of aromatic nitrogens is 2. The summed E-state index contributed by atoms with van der Waals surface area (Å²) < 4.78 is 1.88. The van der Waals surface area contributed by atoms with E-state index in [2.05, 4.69) is 34.9 Å². The Labute approximate surface area is 98.8 Å². The van der Waals surface area contributed by atoms with Crippen molar-refractivity contribution in [3.8, 4) is 0 Å². The van der Waals surface area contributed by atoms with Crippen LogP contribution in [0.4, 0.5) is 0 Å². The number of nitrogens with zero attached hydrogens (tertiary/aromatic N) is 2. The number of aryl methyl sites for hydroxylation is 2. The molecule has 80 valence electrons. The Balaban J connectivity index is 2.97. The normalized spacial score (nSPS) is 12.1. The zero-order valence-corrected chi connectivity index (χ0v) is 11.4. The molecule has 2 nitrogen and oxygen atoms in total. The molecule has 0 aliphatic heterocycles. The molecule has 1 heterocycles. The molecule has 0 aliphatic rings. The molecule has 4 heteroatoms. The van der Waals surface area contributed by atoms with E-state index >= 15 is 0 Å². The SMILES string of the molecule is Cc1nn(C)c(CC(C)(C)CBr)c1Cl. The molecule has 0 N–H and O–H groups in total. The molecule has 0 fully saturated rings. The van der Waals surface area contributed by atoms with Crippen molar-refractivity contribution in [2.24, 2.45) is 12.5 Å². The van der Waals surface area contributed by atoms with Crippen molar-refractivity contribution in [1.82, 2.24) is 9.78 Å². The first kappa shape index (κ1) is 12.1. The first-order valence-electron chi connectivity index (χ1n) is 4.61. The molecule has 1 rings (SSSR count). The molecular formula is C10H16BrClN2. The van der Waals surface area contributed by atoms with Crippen molar-refractivity contribution in [1.29, 1.82) is 0 Å². The van der Waals surface area contributed by atoms with Gasteiger partial charge in [0.2, 0.25) is 0 Å². The lowest BCUT2D eigenvalue weighted by Gasteiger charge is -2.21. The fourth-order valence-corrected chi connectivity index (χ4v) is 1.80. The van der Waals surface area contributed by atoms with Gasteiger partial charge in [0, 0.05) is 12.4 Å². The van der Waals surface area contributed by atoms with Crippen molar-refractivity contribution in [2.75, 3.05) is 5.33 Å². The van der Waals surface area contributed by atoms with E-state index in [1.807, 2.05) is 18.7 Å². The second-order valence-electron chi connectivity index (χ2n) is 4.44.